The predicted molar refractivity (Wildman–Crippen MR) is 71.6 cm³/mol. The number of hydrogen-bond donors (Lipinski definition) is 1. The third-order valence-electron chi connectivity index (χ3n) is 3.16. The first-order valence-corrected chi connectivity index (χ1v) is 8.42. The van der Waals surface area contributed by atoms with Gasteiger partial charge in [-0.05, 0) is 32.2 Å². The van der Waals surface area contributed by atoms with Crippen molar-refractivity contribution in [1.29, 1.82) is 0 Å². The average Bonchev–Trinajstić information content (AvgIpc) is 2.29. The van der Waals surface area contributed by atoms with Crippen molar-refractivity contribution in [3.8, 4) is 0 Å². The third-order valence-corrected chi connectivity index (χ3v) is 5.14. The Balaban J connectivity index is 2.56. The van der Waals surface area contributed by atoms with Crippen LogP contribution < -0.4 is 5.32 Å². The minimum Gasteiger partial charge on any atom is -0.313 e. The molecule has 1 heterocycles. The second kappa shape index (κ2) is 7.34. The third kappa shape index (κ3) is 4.94. The molecule has 1 aliphatic heterocycles. The summed E-state index contributed by atoms with van der Waals surface area (Å²) in [5.41, 5.74) is 0. The average molecular weight is 262 g/mol. The highest BCUT2D eigenvalue weighted by atomic mass is 32.2. The van der Waals surface area contributed by atoms with Gasteiger partial charge in [-0.15, -0.1) is 0 Å². The largest absolute Gasteiger partial charge is 0.313 e. The topological polar surface area (TPSA) is 49.4 Å². The van der Waals surface area contributed by atoms with E-state index in [-0.39, 0.29) is 11.8 Å². The molecule has 17 heavy (non-hydrogen) atoms. The van der Waals surface area contributed by atoms with Crippen LogP contribution in [0, 0.1) is 0 Å². The van der Waals surface area contributed by atoms with Crippen LogP contribution in [-0.2, 0) is 10.0 Å². The first-order valence-electron chi connectivity index (χ1n) is 6.81. The maximum Gasteiger partial charge on any atom is 0.215 e. The zero-order chi connectivity index (χ0) is 12.7. The molecule has 0 amide bonds. The summed E-state index contributed by atoms with van der Waals surface area (Å²) in [7, 11) is -3.08. The van der Waals surface area contributed by atoms with Crippen LogP contribution in [0.5, 0.6) is 0 Å². The molecule has 1 fully saturated rings. The van der Waals surface area contributed by atoms with Gasteiger partial charge in [-0.25, -0.2) is 12.7 Å². The van der Waals surface area contributed by atoms with Crippen molar-refractivity contribution in [2.24, 2.45) is 0 Å². The molecule has 4 nitrogen and oxygen atoms in total. The minimum atomic E-state index is -3.08. The maximum absolute atomic E-state index is 12.3. The fraction of sp³-hybridized carbons (Fsp3) is 1.00. The molecule has 1 unspecified atom stereocenters. The molecule has 1 saturated heterocycles. The quantitative estimate of drug-likeness (QED) is 0.758. The van der Waals surface area contributed by atoms with E-state index in [9.17, 15) is 8.42 Å². The molecular weight excluding hydrogens is 236 g/mol. The molecule has 0 radical (unpaired) electrons. The summed E-state index contributed by atoms with van der Waals surface area (Å²) in [4.78, 5) is 0. The maximum atomic E-state index is 12.3. The van der Waals surface area contributed by atoms with Crippen molar-refractivity contribution in [2.45, 2.75) is 52.0 Å². The van der Waals surface area contributed by atoms with E-state index in [1.807, 2.05) is 13.8 Å². The van der Waals surface area contributed by atoms with Gasteiger partial charge in [0.15, 0.2) is 0 Å². The summed E-state index contributed by atoms with van der Waals surface area (Å²) < 4.78 is 26.2. The molecule has 1 rings (SSSR count). The Morgan fingerprint density at radius 2 is 1.82 bits per heavy atom. The zero-order valence-electron chi connectivity index (χ0n) is 11.1. The fourth-order valence-electron chi connectivity index (χ4n) is 2.31. The summed E-state index contributed by atoms with van der Waals surface area (Å²) in [6.45, 7) is 6.32. The van der Waals surface area contributed by atoms with Crippen LogP contribution in [0.25, 0.3) is 0 Å². The molecule has 1 aliphatic rings. The van der Waals surface area contributed by atoms with Crippen LogP contribution in [0.3, 0.4) is 0 Å². The Morgan fingerprint density at radius 1 is 1.18 bits per heavy atom. The second-order valence-electron chi connectivity index (χ2n) is 4.82. The highest BCUT2D eigenvalue weighted by Crippen LogP contribution is 2.12. The molecule has 0 aromatic carbocycles. The Bertz CT molecular complexity index is 292. The van der Waals surface area contributed by atoms with Crippen molar-refractivity contribution in [2.75, 3.05) is 25.4 Å². The molecule has 102 valence electrons. The van der Waals surface area contributed by atoms with Crippen LogP contribution in [0.15, 0.2) is 0 Å². The Hall–Kier alpha value is -0.130. The highest BCUT2D eigenvalue weighted by Gasteiger charge is 2.25. The summed E-state index contributed by atoms with van der Waals surface area (Å²) in [5, 5.41) is 3.31. The van der Waals surface area contributed by atoms with E-state index >= 15 is 0 Å². The molecule has 0 aromatic rings. The SMILES string of the molecule is CCCN(CCC)S(=O)(=O)CC1CCCCN1. The fourth-order valence-corrected chi connectivity index (χ4v) is 4.24. The number of hydrogen-bond acceptors (Lipinski definition) is 3. The lowest BCUT2D eigenvalue weighted by atomic mass is 10.1. The lowest BCUT2D eigenvalue weighted by molar-refractivity contribution is 0.387. The highest BCUT2D eigenvalue weighted by molar-refractivity contribution is 7.89. The van der Waals surface area contributed by atoms with E-state index in [1.165, 1.54) is 6.42 Å². The molecule has 0 aliphatic carbocycles. The summed E-state index contributed by atoms with van der Waals surface area (Å²) in [6.07, 6.45) is 5.08. The predicted octanol–water partition coefficient (Wildman–Crippen LogP) is 1.58. The molecular formula is C12H26N2O2S. The van der Waals surface area contributed by atoms with Gasteiger partial charge in [0.2, 0.25) is 10.0 Å². The van der Waals surface area contributed by atoms with Gasteiger partial charge in [0.1, 0.15) is 0 Å². The van der Waals surface area contributed by atoms with Gasteiger partial charge in [-0.1, -0.05) is 20.3 Å². The second-order valence-corrected chi connectivity index (χ2v) is 6.84. The summed E-state index contributed by atoms with van der Waals surface area (Å²) in [5.74, 6) is 0.271. The summed E-state index contributed by atoms with van der Waals surface area (Å²) in [6, 6.07) is 0.157. The van der Waals surface area contributed by atoms with Gasteiger partial charge in [-0.3, -0.25) is 0 Å². The van der Waals surface area contributed by atoms with E-state index in [1.54, 1.807) is 4.31 Å². The van der Waals surface area contributed by atoms with Gasteiger partial charge in [0.25, 0.3) is 0 Å². The molecule has 0 aromatic heterocycles. The van der Waals surface area contributed by atoms with Crippen molar-refractivity contribution in [1.82, 2.24) is 9.62 Å². The van der Waals surface area contributed by atoms with Gasteiger partial charge in [0.05, 0.1) is 5.75 Å². The standard InChI is InChI=1S/C12H26N2O2S/c1-3-9-14(10-4-2)17(15,16)11-12-7-5-6-8-13-12/h12-13H,3-11H2,1-2H3. The smallest absolute Gasteiger partial charge is 0.215 e. The molecule has 1 atom stereocenters. The van der Waals surface area contributed by atoms with Crippen LogP contribution in [0.1, 0.15) is 46.0 Å². The van der Waals surface area contributed by atoms with Crippen molar-refractivity contribution >= 4 is 10.0 Å². The zero-order valence-corrected chi connectivity index (χ0v) is 11.9. The van der Waals surface area contributed by atoms with Gasteiger partial charge >= 0.3 is 0 Å². The number of nitrogens with zero attached hydrogens (tertiary/aromatic N) is 1. The lowest BCUT2D eigenvalue weighted by Crippen LogP contribution is -2.44. The van der Waals surface area contributed by atoms with E-state index in [4.69, 9.17) is 0 Å². The monoisotopic (exact) mass is 262 g/mol. The molecule has 0 bridgehead atoms. The van der Waals surface area contributed by atoms with E-state index in [0.29, 0.717) is 13.1 Å². The van der Waals surface area contributed by atoms with E-state index in [0.717, 1.165) is 32.2 Å². The lowest BCUT2D eigenvalue weighted by Gasteiger charge is -2.27. The molecule has 1 N–H and O–H groups in total. The number of sulfonamides is 1. The van der Waals surface area contributed by atoms with Crippen LogP contribution >= 0.6 is 0 Å². The molecule has 5 heteroatoms. The van der Waals surface area contributed by atoms with Crippen molar-refractivity contribution in [3.63, 3.8) is 0 Å². The van der Waals surface area contributed by atoms with E-state index in [2.05, 4.69) is 5.32 Å². The van der Waals surface area contributed by atoms with Gasteiger partial charge < -0.3 is 5.32 Å². The normalized spacial score (nSPS) is 21.9. The van der Waals surface area contributed by atoms with Crippen LogP contribution in [-0.4, -0.2) is 44.2 Å². The van der Waals surface area contributed by atoms with Crippen molar-refractivity contribution < 1.29 is 8.42 Å². The minimum absolute atomic E-state index is 0.157. The number of piperidine rings is 1. The van der Waals surface area contributed by atoms with E-state index < -0.39 is 10.0 Å². The first-order chi connectivity index (χ1) is 8.10. The van der Waals surface area contributed by atoms with Crippen LogP contribution in [0.4, 0.5) is 0 Å². The van der Waals surface area contributed by atoms with Crippen LogP contribution in [0.2, 0.25) is 0 Å². The molecule has 0 saturated carbocycles. The first kappa shape index (κ1) is 14.9. The Labute approximate surface area is 106 Å². The molecule has 0 spiro atoms. The Kier molecular flexibility index (Phi) is 6.44. The Morgan fingerprint density at radius 3 is 2.29 bits per heavy atom. The van der Waals surface area contributed by atoms with Crippen molar-refractivity contribution in [3.05, 3.63) is 0 Å². The van der Waals surface area contributed by atoms with Gasteiger partial charge in [0, 0.05) is 19.1 Å². The number of rotatable bonds is 7. The number of nitrogens with one attached hydrogen (secondary N) is 1. The van der Waals surface area contributed by atoms with Gasteiger partial charge in [-0.2, -0.15) is 0 Å². The summed E-state index contributed by atoms with van der Waals surface area (Å²) >= 11 is 0.